The Morgan fingerprint density at radius 1 is 1.11 bits per heavy atom. The van der Waals surface area contributed by atoms with E-state index in [2.05, 4.69) is 16.7 Å². The Labute approximate surface area is 112 Å². The van der Waals surface area contributed by atoms with Gasteiger partial charge in [-0.15, -0.1) is 0 Å². The maximum atomic E-state index is 11.5. The molecule has 1 unspecified atom stereocenters. The molecule has 0 bridgehead atoms. The van der Waals surface area contributed by atoms with Gasteiger partial charge in [0.1, 0.15) is 0 Å². The van der Waals surface area contributed by atoms with Crippen LogP contribution >= 0.6 is 0 Å². The maximum absolute atomic E-state index is 11.5. The molecule has 0 aromatic heterocycles. The zero-order valence-corrected chi connectivity index (χ0v) is 10.7. The summed E-state index contributed by atoms with van der Waals surface area (Å²) in [7, 11) is 0. The second-order valence-corrected chi connectivity index (χ2v) is 5.08. The lowest BCUT2D eigenvalue weighted by molar-refractivity contribution is -0.130. The lowest BCUT2D eigenvalue weighted by Crippen LogP contribution is -2.51. The third-order valence-corrected chi connectivity index (χ3v) is 3.73. The van der Waals surface area contributed by atoms with E-state index in [9.17, 15) is 9.59 Å². The summed E-state index contributed by atoms with van der Waals surface area (Å²) < 4.78 is 0. The van der Waals surface area contributed by atoms with Crippen LogP contribution in [0.1, 0.15) is 17.9 Å². The van der Waals surface area contributed by atoms with E-state index in [1.54, 1.807) is 0 Å². The van der Waals surface area contributed by atoms with Crippen molar-refractivity contribution in [2.45, 2.75) is 12.3 Å². The molecule has 5 nitrogen and oxygen atoms in total. The van der Waals surface area contributed by atoms with Crippen LogP contribution in [0.5, 0.6) is 0 Å². The number of amides is 2. The van der Waals surface area contributed by atoms with Crippen LogP contribution in [0.3, 0.4) is 0 Å². The molecule has 1 aromatic carbocycles. The summed E-state index contributed by atoms with van der Waals surface area (Å²) >= 11 is 0. The van der Waals surface area contributed by atoms with Crippen molar-refractivity contribution in [1.82, 2.24) is 10.6 Å². The van der Waals surface area contributed by atoms with Crippen LogP contribution in [-0.4, -0.2) is 38.0 Å². The van der Waals surface area contributed by atoms with Gasteiger partial charge in [-0.05, 0) is 30.5 Å². The molecule has 2 fully saturated rings. The van der Waals surface area contributed by atoms with Gasteiger partial charge in [-0.1, -0.05) is 18.2 Å². The van der Waals surface area contributed by atoms with Gasteiger partial charge in [0.05, 0.1) is 13.1 Å². The van der Waals surface area contributed by atoms with Gasteiger partial charge in [-0.2, -0.15) is 0 Å². The summed E-state index contributed by atoms with van der Waals surface area (Å²) in [5.74, 6) is 0.0162. The molecule has 2 aliphatic heterocycles. The van der Waals surface area contributed by atoms with Crippen molar-refractivity contribution in [3.63, 3.8) is 0 Å². The molecule has 3 rings (SSSR count). The number of rotatable bonds is 2. The predicted octanol–water partition coefficient (Wildman–Crippen LogP) is 0.226. The lowest BCUT2D eigenvalue weighted by atomic mass is 9.96. The lowest BCUT2D eigenvalue weighted by Gasteiger charge is -2.30. The standard InChI is InChI=1S/C14H17N3O2/c18-13-8-17(9-14(19)16-13)12-4-2-1-3-11(12)10-5-6-15-7-10/h1-4,10,15H,5-9H2,(H,16,18,19). The van der Waals surface area contributed by atoms with Gasteiger partial charge in [-0.3, -0.25) is 14.9 Å². The molecule has 5 heteroatoms. The first-order valence-electron chi connectivity index (χ1n) is 6.61. The molecule has 2 N–H and O–H groups in total. The van der Waals surface area contributed by atoms with Gasteiger partial charge in [0.15, 0.2) is 0 Å². The molecule has 0 saturated carbocycles. The van der Waals surface area contributed by atoms with E-state index in [0.29, 0.717) is 5.92 Å². The fraction of sp³-hybridized carbons (Fsp3) is 0.429. The highest BCUT2D eigenvalue weighted by atomic mass is 16.2. The third kappa shape index (κ3) is 2.46. The Morgan fingerprint density at radius 3 is 2.53 bits per heavy atom. The molecule has 1 atom stereocenters. The number of para-hydroxylation sites is 1. The van der Waals surface area contributed by atoms with Crippen molar-refractivity contribution in [3.8, 4) is 0 Å². The number of anilines is 1. The zero-order valence-electron chi connectivity index (χ0n) is 10.7. The van der Waals surface area contributed by atoms with Gasteiger partial charge in [0.2, 0.25) is 11.8 Å². The monoisotopic (exact) mass is 259 g/mol. The number of nitrogens with one attached hydrogen (secondary N) is 2. The zero-order chi connectivity index (χ0) is 13.2. The van der Waals surface area contributed by atoms with Crippen LogP contribution in [0.4, 0.5) is 5.69 Å². The minimum atomic E-state index is -0.226. The molecule has 2 saturated heterocycles. The van der Waals surface area contributed by atoms with Crippen LogP contribution in [0.25, 0.3) is 0 Å². The first kappa shape index (κ1) is 12.2. The van der Waals surface area contributed by atoms with Crippen LogP contribution < -0.4 is 15.5 Å². The van der Waals surface area contributed by atoms with Crippen molar-refractivity contribution in [2.24, 2.45) is 0 Å². The van der Waals surface area contributed by atoms with Crippen LogP contribution in [-0.2, 0) is 9.59 Å². The molecular formula is C14H17N3O2. The summed E-state index contributed by atoms with van der Waals surface area (Å²) in [6.45, 7) is 2.50. The van der Waals surface area contributed by atoms with E-state index in [1.165, 1.54) is 5.56 Å². The molecule has 1 aromatic rings. The largest absolute Gasteiger partial charge is 0.353 e. The first-order chi connectivity index (χ1) is 9.24. The molecule has 2 aliphatic rings. The number of carbonyl (C=O) groups is 2. The Morgan fingerprint density at radius 2 is 1.84 bits per heavy atom. The van der Waals surface area contributed by atoms with E-state index in [1.807, 2.05) is 23.1 Å². The van der Waals surface area contributed by atoms with Crippen molar-refractivity contribution in [3.05, 3.63) is 29.8 Å². The van der Waals surface area contributed by atoms with Crippen LogP contribution in [0.15, 0.2) is 24.3 Å². The summed E-state index contributed by atoms with van der Waals surface area (Å²) in [5, 5.41) is 5.69. The number of benzene rings is 1. The van der Waals surface area contributed by atoms with Crippen molar-refractivity contribution in [2.75, 3.05) is 31.1 Å². The maximum Gasteiger partial charge on any atom is 0.246 e. The van der Waals surface area contributed by atoms with E-state index in [4.69, 9.17) is 0 Å². The SMILES string of the molecule is O=C1CN(c2ccccc2C2CCNC2)CC(=O)N1. The van der Waals surface area contributed by atoms with E-state index in [-0.39, 0.29) is 24.9 Å². The van der Waals surface area contributed by atoms with E-state index >= 15 is 0 Å². The van der Waals surface area contributed by atoms with Gasteiger partial charge >= 0.3 is 0 Å². The second kappa shape index (κ2) is 5.01. The first-order valence-corrected chi connectivity index (χ1v) is 6.61. The molecule has 100 valence electrons. The number of piperazine rings is 1. The van der Waals surface area contributed by atoms with Gasteiger partial charge in [-0.25, -0.2) is 0 Å². The molecule has 2 heterocycles. The van der Waals surface area contributed by atoms with E-state index < -0.39 is 0 Å². The van der Waals surface area contributed by atoms with Crippen molar-refractivity contribution >= 4 is 17.5 Å². The van der Waals surface area contributed by atoms with Gasteiger partial charge < -0.3 is 10.2 Å². The number of nitrogens with zero attached hydrogens (tertiary/aromatic N) is 1. The highest BCUT2D eigenvalue weighted by Gasteiger charge is 2.27. The Hall–Kier alpha value is -1.88. The number of hydrogen-bond donors (Lipinski definition) is 2. The summed E-state index contributed by atoms with van der Waals surface area (Å²) in [6, 6.07) is 8.07. The Bertz CT molecular complexity index is 493. The van der Waals surface area contributed by atoms with Gasteiger partial charge in [0.25, 0.3) is 0 Å². The molecular weight excluding hydrogens is 242 g/mol. The van der Waals surface area contributed by atoms with Crippen LogP contribution in [0, 0.1) is 0 Å². The van der Waals surface area contributed by atoms with Crippen LogP contribution in [0.2, 0.25) is 0 Å². The molecule has 0 radical (unpaired) electrons. The number of carbonyl (C=O) groups excluding carboxylic acids is 2. The second-order valence-electron chi connectivity index (χ2n) is 5.08. The highest BCUT2D eigenvalue weighted by molar-refractivity contribution is 6.02. The fourth-order valence-electron chi connectivity index (χ4n) is 2.85. The normalized spacial score (nSPS) is 23.6. The van der Waals surface area contributed by atoms with Crippen molar-refractivity contribution in [1.29, 1.82) is 0 Å². The molecule has 2 amide bonds. The number of hydrogen-bond acceptors (Lipinski definition) is 4. The fourth-order valence-corrected chi connectivity index (χ4v) is 2.85. The Kier molecular flexibility index (Phi) is 3.21. The van der Waals surface area contributed by atoms with Gasteiger partial charge in [0, 0.05) is 12.2 Å². The summed E-state index contributed by atoms with van der Waals surface area (Å²) in [6.07, 6.45) is 1.10. The molecule has 0 aliphatic carbocycles. The summed E-state index contributed by atoms with van der Waals surface area (Å²) in [4.78, 5) is 24.9. The minimum Gasteiger partial charge on any atom is -0.353 e. The quantitative estimate of drug-likeness (QED) is 0.746. The highest BCUT2D eigenvalue weighted by Crippen LogP contribution is 2.31. The average molecular weight is 259 g/mol. The third-order valence-electron chi connectivity index (χ3n) is 3.73. The average Bonchev–Trinajstić information content (AvgIpc) is 2.91. The van der Waals surface area contributed by atoms with E-state index in [0.717, 1.165) is 25.2 Å². The predicted molar refractivity (Wildman–Crippen MR) is 72.0 cm³/mol. The topological polar surface area (TPSA) is 61.4 Å². The molecule has 19 heavy (non-hydrogen) atoms. The smallest absolute Gasteiger partial charge is 0.246 e. The minimum absolute atomic E-state index is 0.226. The summed E-state index contributed by atoms with van der Waals surface area (Å²) in [5.41, 5.74) is 2.24. The number of imide groups is 1. The van der Waals surface area contributed by atoms with Crippen molar-refractivity contribution < 1.29 is 9.59 Å². The Balaban J connectivity index is 1.91. The molecule has 0 spiro atoms.